The van der Waals surface area contributed by atoms with Gasteiger partial charge in [-0.1, -0.05) is 0 Å². The second-order valence-corrected chi connectivity index (χ2v) is 5.29. The molecule has 0 aliphatic carbocycles. The lowest BCUT2D eigenvalue weighted by molar-refractivity contribution is -0.131. The quantitative estimate of drug-likeness (QED) is 0.369. The summed E-state index contributed by atoms with van der Waals surface area (Å²) in [5.74, 6) is 4.72. The Bertz CT molecular complexity index is 319. The van der Waals surface area contributed by atoms with Gasteiger partial charge in [-0.3, -0.25) is 10.2 Å². The van der Waals surface area contributed by atoms with E-state index in [1.807, 2.05) is 0 Å². The molecule has 0 bridgehead atoms. The van der Waals surface area contributed by atoms with Gasteiger partial charge in [-0.25, -0.2) is 10.6 Å². The first-order valence-electron chi connectivity index (χ1n) is 5.89. The number of rotatable bonds is 2. The lowest BCUT2D eigenvalue weighted by atomic mass is 9.89. The lowest BCUT2D eigenvalue weighted by Gasteiger charge is -2.36. The molecule has 0 aromatic heterocycles. The molecule has 104 valence electrons. The van der Waals surface area contributed by atoms with E-state index in [0.717, 1.165) is 0 Å². The van der Waals surface area contributed by atoms with Crippen LogP contribution in [-0.2, 0) is 14.3 Å². The number of ether oxygens (including phenoxy) is 2. The number of hydrogen-bond donors (Lipinski definition) is 3. The van der Waals surface area contributed by atoms with E-state index in [1.165, 1.54) is 0 Å². The normalized spacial score (nSPS) is 18.9. The number of hydrogen-bond acceptors (Lipinski definition) is 5. The predicted octanol–water partition coefficient (Wildman–Crippen LogP) is 0.0502. The molecule has 0 radical (unpaired) electrons. The van der Waals surface area contributed by atoms with Crippen molar-refractivity contribution in [2.75, 3.05) is 13.2 Å². The van der Waals surface area contributed by atoms with Crippen molar-refractivity contribution < 1.29 is 19.1 Å². The van der Waals surface area contributed by atoms with Crippen LogP contribution in [-0.4, -0.2) is 36.4 Å². The van der Waals surface area contributed by atoms with Gasteiger partial charge < -0.3 is 14.8 Å². The minimum atomic E-state index is -1.05. The maximum atomic E-state index is 11.8. The maximum Gasteiger partial charge on any atom is 0.408 e. The molecule has 1 rings (SSSR count). The van der Waals surface area contributed by atoms with Crippen molar-refractivity contribution in [2.45, 2.75) is 44.8 Å². The first kappa shape index (κ1) is 14.7. The fraction of sp³-hybridized carbons (Fsp3) is 0.818. The predicted molar refractivity (Wildman–Crippen MR) is 64.5 cm³/mol. The summed E-state index contributed by atoms with van der Waals surface area (Å²) in [5.41, 5.74) is 0.417. The smallest absolute Gasteiger partial charge is 0.408 e. The van der Waals surface area contributed by atoms with Crippen molar-refractivity contribution in [3.05, 3.63) is 0 Å². The average Bonchev–Trinajstić information content (AvgIpc) is 2.26. The highest BCUT2D eigenvalue weighted by Crippen LogP contribution is 2.21. The highest BCUT2D eigenvalue weighted by atomic mass is 16.6. The minimum Gasteiger partial charge on any atom is -0.444 e. The molecule has 1 heterocycles. The Balaban J connectivity index is 2.73. The number of nitrogens with two attached hydrogens (primary N) is 1. The van der Waals surface area contributed by atoms with Gasteiger partial charge in [0.25, 0.3) is 5.91 Å². The topological polar surface area (TPSA) is 103 Å². The zero-order valence-corrected chi connectivity index (χ0v) is 11.0. The molecule has 4 N–H and O–H groups in total. The molecule has 1 saturated heterocycles. The number of alkyl carbamates (subject to hydrolysis) is 1. The SMILES string of the molecule is CC(C)(C)OC(=O)NC1(C(=O)NN)CCOCC1. The van der Waals surface area contributed by atoms with Gasteiger partial charge in [-0.2, -0.15) is 0 Å². The molecule has 1 fully saturated rings. The third-order valence-electron chi connectivity index (χ3n) is 2.65. The van der Waals surface area contributed by atoms with Crippen LogP contribution in [0.25, 0.3) is 0 Å². The van der Waals surface area contributed by atoms with E-state index in [-0.39, 0.29) is 0 Å². The van der Waals surface area contributed by atoms with Crippen LogP contribution < -0.4 is 16.6 Å². The number of amides is 2. The lowest BCUT2D eigenvalue weighted by Crippen LogP contribution is -2.62. The molecule has 1 aliphatic heterocycles. The van der Waals surface area contributed by atoms with Crippen LogP contribution in [0, 0.1) is 0 Å². The van der Waals surface area contributed by atoms with Crippen molar-refractivity contribution in [1.29, 1.82) is 0 Å². The summed E-state index contributed by atoms with van der Waals surface area (Å²) in [6, 6.07) is 0. The molecule has 7 heteroatoms. The Labute approximate surface area is 106 Å². The van der Waals surface area contributed by atoms with Crippen molar-refractivity contribution in [1.82, 2.24) is 10.7 Å². The largest absolute Gasteiger partial charge is 0.444 e. The monoisotopic (exact) mass is 259 g/mol. The first-order valence-corrected chi connectivity index (χ1v) is 5.89. The van der Waals surface area contributed by atoms with E-state index in [0.29, 0.717) is 26.1 Å². The molecule has 0 unspecified atom stereocenters. The van der Waals surface area contributed by atoms with Crippen LogP contribution in [0.15, 0.2) is 0 Å². The summed E-state index contributed by atoms with van der Waals surface area (Å²) in [4.78, 5) is 23.6. The van der Waals surface area contributed by atoms with Gasteiger partial charge >= 0.3 is 6.09 Å². The van der Waals surface area contributed by atoms with Gasteiger partial charge in [0.1, 0.15) is 11.1 Å². The van der Waals surface area contributed by atoms with Gasteiger partial charge in [-0.15, -0.1) is 0 Å². The fourth-order valence-corrected chi connectivity index (χ4v) is 1.77. The van der Waals surface area contributed by atoms with Crippen LogP contribution in [0.3, 0.4) is 0 Å². The maximum absolute atomic E-state index is 11.8. The molecule has 0 spiro atoms. The van der Waals surface area contributed by atoms with Crippen molar-refractivity contribution in [3.63, 3.8) is 0 Å². The number of carbonyl (C=O) groups excluding carboxylic acids is 2. The summed E-state index contributed by atoms with van der Waals surface area (Å²) < 4.78 is 10.3. The minimum absolute atomic E-state index is 0.370. The highest BCUT2D eigenvalue weighted by Gasteiger charge is 2.42. The molecule has 0 atom stereocenters. The molecule has 1 aliphatic rings. The Hall–Kier alpha value is -1.34. The number of hydrazine groups is 1. The standard InChI is InChI=1S/C11H21N3O4/c1-10(2,3)18-9(16)13-11(8(15)14-12)4-6-17-7-5-11/h4-7,12H2,1-3H3,(H,13,16)(H,14,15). The molecular formula is C11H21N3O4. The molecule has 18 heavy (non-hydrogen) atoms. The van der Waals surface area contributed by atoms with Crippen LogP contribution in [0.2, 0.25) is 0 Å². The fourth-order valence-electron chi connectivity index (χ4n) is 1.77. The highest BCUT2D eigenvalue weighted by molar-refractivity contribution is 5.89. The molecule has 7 nitrogen and oxygen atoms in total. The third kappa shape index (κ3) is 3.85. The Morgan fingerprint density at radius 1 is 1.28 bits per heavy atom. The summed E-state index contributed by atoms with van der Waals surface area (Å²) >= 11 is 0. The van der Waals surface area contributed by atoms with Crippen LogP contribution in [0.5, 0.6) is 0 Å². The Morgan fingerprint density at radius 3 is 2.28 bits per heavy atom. The van der Waals surface area contributed by atoms with Gasteiger partial charge in [0.15, 0.2) is 0 Å². The number of nitrogens with one attached hydrogen (secondary N) is 2. The van der Waals surface area contributed by atoms with Crippen molar-refractivity contribution in [2.24, 2.45) is 5.84 Å². The Kier molecular flexibility index (Phi) is 4.53. The zero-order valence-electron chi connectivity index (χ0n) is 11.0. The Morgan fingerprint density at radius 2 is 1.83 bits per heavy atom. The first-order chi connectivity index (χ1) is 8.29. The van der Waals surface area contributed by atoms with Gasteiger partial charge in [0.2, 0.25) is 0 Å². The second kappa shape index (κ2) is 5.53. The van der Waals surface area contributed by atoms with Gasteiger partial charge in [-0.05, 0) is 20.8 Å². The second-order valence-electron chi connectivity index (χ2n) is 5.29. The molecular weight excluding hydrogens is 238 g/mol. The van der Waals surface area contributed by atoms with Crippen LogP contribution in [0.1, 0.15) is 33.6 Å². The summed E-state index contributed by atoms with van der Waals surface area (Å²) in [6.45, 7) is 6.05. The molecule has 0 saturated carbocycles. The van der Waals surface area contributed by atoms with Crippen molar-refractivity contribution >= 4 is 12.0 Å². The van der Waals surface area contributed by atoms with E-state index < -0.39 is 23.1 Å². The summed E-state index contributed by atoms with van der Waals surface area (Å²) in [6.07, 6.45) is 0.109. The number of carbonyl (C=O) groups is 2. The average molecular weight is 259 g/mol. The summed E-state index contributed by atoms with van der Waals surface area (Å²) in [5, 5.41) is 2.61. The third-order valence-corrected chi connectivity index (χ3v) is 2.65. The van der Waals surface area contributed by atoms with Gasteiger partial charge in [0.05, 0.1) is 0 Å². The van der Waals surface area contributed by atoms with Crippen LogP contribution >= 0.6 is 0 Å². The molecule has 2 amide bonds. The van der Waals surface area contributed by atoms with E-state index in [2.05, 4.69) is 10.7 Å². The zero-order chi connectivity index (χ0) is 13.8. The molecule has 0 aromatic carbocycles. The van der Waals surface area contributed by atoms with E-state index in [1.54, 1.807) is 20.8 Å². The van der Waals surface area contributed by atoms with E-state index >= 15 is 0 Å². The van der Waals surface area contributed by atoms with E-state index in [4.69, 9.17) is 15.3 Å². The van der Waals surface area contributed by atoms with Crippen molar-refractivity contribution in [3.8, 4) is 0 Å². The van der Waals surface area contributed by atoms with E-state index in [9.17, 15) is 9.59 Å². The molecule has 0 aromatic rings. The van der Waals surface area contributed by atoms with Crippen LogP contribution in [0.4, 0.5) is 4.79 Å². The summed E-state index contributed by atoms with van der Waals surface area (Å²) in [7, 11) is 0. The van der Waals surface area contributed by atoms with Gasteiger partial charge in [0, 0.05) is 26.1 Å².